The quantitative estimate of drug-likeness (QED) is 0.788. The van der Waals surface area contributed by atoms with Gasteiger partial charge >= 0.3 is 0 Å². The Labute approximate surface area is 126 Å². The van der Waals surface area contributed by atoms with E-state index in [0.29, 0.717) is 22.8 Å². The first-order valence-corrected chi connectivity index (χ1v) is 8.33. The maximum atomic E-state index is 12.7. The van der Waals surface area contributed by atoms with Crippen molar-refractivity contribution in [3.05, 3.63) is 22.2 Å². The average Bonchev–Trinajstić information content (AvgIpc) is 2.86. The summed E-state index contributed by atoms with van der Waals surface area (Å²) >= 11 is 12.3. The molecule has 1 aromatic carbocycles. The summed E-state index contributed by atoms with van der Waals surface area (Å²) in [6, 6.07) is 3.89. The van der Waals surface area contributed by atoms with Gasteiger partial charge in [0.1, 0.15) is 11.0 Å². The third kappa shape index (κ3) is 2.40. The van der Waals surface area contributed by atoms with Gasteiger partial charge in [-0.1, -0.05) is 36.0 Å². The number of hydrogen-bond acceptors (Lipinski definition) is 2. The van der Waals surface area contributed by atoms with Gasteiger partial charge in [-0.2, -0.15) is 4.31 Å². The normalized spacial score (nSPS) is 24.8. The van der Waals surface area contributed by atoms with Crippen molar-refractivity contribution in [1.82, 2.24) is 4.31 Å². The van der Waals surface area contributed by atoms with Gasteiger partial charge in [0.2, 0.25) is 0 Å². The van der Waals surface area contributed by atoms with E-state index in [9.17, 15) is 4.21 Å². The lowest BCUT2D eigenvalue weighted by Gasteiger charge is -2.38. The zero-order chi connectivity index (χ0) is 13.6. The SMILES string of the molecule is CN1CN(C2CCCC2)S(=O)c2cc(Cl)cc(Cl)c21. The highest BCUT2D eigenvalue weighted by atomic mass is 35.5. The van der Waals surface area contributed by atoms with Crippen LogP contribution in [0.25, 0.3) is 0 Å². The topological polar surface area (TPSA) is 23.6 Å². The third-order valence-corrected chi connectivity index (χ3v) is 5.89. The zero-order valence-electron chi connectivity index (χ0n) is 10.7. The van der Waals surface area contributed by atoms with Crippen LogP contribution in [0.5, 0.6) is 0 Å². The van der Waals surface area contributed by atoms with E-state index >= 15 is 0 Å². The van der Waals surface area contributed by atoms with E-state index in [2.05, 4.69) is 9.21 Å². The summed E-state index contributed by atoms with van der Waals surface area (Å²) in [5.74, 6) is 0. The fourth-order valence-electron chi connectivity index (χ4n) is 2.95. The van der Waals surface area contributed by atoms with E-state index in [1.54, 1.807) is 12.1 Å². The zero-order valence-corrected chi connectivity index (χ0v) is 13.1. The molecule has 1 aromatic rings. The molecule has 104 valence electrons. The van der Waals surface area contributed by atoms with Crippen LogP contribution in [-0.4, -0.2) is 28.3 Å². The Balaban J connectivity index is 2.02. The second-order valence-electron chi connectivity index (χ2n) is 5.18. The molecule has 0 bridgehead atoms. The van der Waals surface area contributed by atoms with Crippen LogP contribution >= 0.6 is 23.2 Å². The summed E-state index contributed by atoms with van der Waals surface area (Å²) in [6.45, 7) is 0.658. The second-order valence-corrected chi connectivity index (χ2v) is 7.43. The standard InChI is InChI=1S/C13H16Cl2N2OS/c1-16-8-17(10-4-2-3-5-10)19(18)12-7-9(14)6-11(15)13(12)16/h6-7,10H,2-5,8H2,1H3. The van der Waals surface area contributed by atoms with Crippen molar-refractivity contribution in [2.45, 2.75) is 36.6 Å². The lowest BCUT2D eigenvalue weighted by Crippen LogP contribution is -2.46. The molecule has 1 unspecified atom stereocenters. The van der Waals surface area contributed by atoms with Gasteiger partial charge in [-0.3, -0.25) is 0 Å². The molecule has 1 heterocycles. The molecular formula is C13H16Cl2N2OS. The summed E-state index contributed by atoms with van der Waals surface area (Å²) in [5, 5.41) is 1.11. The smallest absolute Gasteiger partial charge is 0.131 e. The fraction of sp³-hybridized carbons (Fsp3) is 0.538. The summed E-state index contributed by atoms with van der Waals surface area (Å²) in [4.78, 5) is 2.80. The Bertz CT molecular complexity index is 532. The molecule has 1 aliphatic carbocycles. The van der Waals surface area contributed by atoms with Crippen LogP contribution in [0.2, 0.25) is 10.0 Å². The second kappa shape index (κ2) is 5.24. The highest BCUT2D eigenvalue weighted by Gasteiger charge is 2.35. The maximum absolute atomic E-state index is 12.7. The predicted molar refractivity (Wildman–Crippen MR) is 80.2 cm³/mol. The monoisotopic (exact) mass is 318 g/mol. The predicted octanol–water partition coefficient (Wildman–Crippen LogP) is 3.67. The van der Waals surface area contributed by atoms with Crippen molar-refractivity contribution in [3.63, 3.8) is 0 Å². The number of rotatable bonds is 1. The van der Waals surface area contributed by atoms with E-state index in [4.69, 9.17) is 23.2 Å². The fourth-order valence-corrected chi connectivity index (χ4v) is 5.38. The molecule has 19 heavy (non-hydrogen) atoms. The van der Waals surface area contributed by atoms with Crippen LogP contribution in [0.4, 0.5) is 5.69 Å². The van der Waals surface area contributed by atoms with Crippen molar-refractivity contribution in [2.24, 2.45) is 0 Å². The Kier molecular flexibility index (Phi) is 3.78. The number of fused-ring (bicyclic) bond motifs is 1. The molecule has 1 saturated carbocycles. The summed E-state index contributed by atoms with van der Waals surface area (Å²) in [7, 11) is 0.822. The van der Waals surface area contributed by atoms with Crippen LogP contribution in [0, 0.1) is 0 Å². The highest BCUT2D eigenvalue weighted by Crippen LogP contribution is 2.40. The molecule has 0 saturated heterocycles. The Morgan fingerprint density at radius 3 is 2.63 bits per heavy atom. The van der Waals surface area contributed by atoms with E-state index in [-0.39, 0.29) is 0 Å². The molecule has 1 fully saturated rings. The lowest BCUT2D eigenvalue weighted by atomic mass is 10.2. The van der Waals surface area contributed by atoms with Gasteiger partial charge in [-0.25, -0.2) is 4.21 Å². The molecule has 0 aromatic heterocycles. The molecule has 3 rings (SSSR count). The number of hydrogen-bond donors (Lipinski definition) is 0. The Morgan fingerprint density at radius 2 is 1.95 bits per heavy atom. The molecule has 2 aliphatic rings. The minimum absolute atomic E-state index is 0.411. The van der Waals surface area contributed by atoms with E-state index in [1.807, 2.05) is 7.05 Å². The van der Waals surface area contributed by atoms with Crippen LogP contribution in [0.1, 0.15) is 25.7 Å². The molecule has 0 amide bonds. The molecule has 0 radical (unpaired) electrons. The van der Waals surface area contributed by atoms with Crippen molar-refractivity contribution >= 4 is 39.9 Å². The van der Waals surface area contributed by atoms with Gasteiger partial charge < -0.3 is 4.90 Å². The molecule has 0 spiro atoms. The molecule has 0 N–H and O–H groups in total. The van der Waals surface area contributed by atoms with E-state index in [0.717, 1.165) is 23.4 Å². The van der Waals surface area contributed by atoms with Gasteiger partial charge in [0.25, 0.3) is 0 Å². The number of halogens is 2. The lowest BCUT2D eigenvalue weighted by molar-refractivity contribution is 0.337. The molecule has 3 nitrogen and oxygen atoms in total. The minimum Gasteiger partial charge on any atom is -0.358 e. The first-order valence-electron chi connectivity index (χ1n) is 6.46. The van der Waals surface area contributed by atoms with Crippen LogP contribution in [-0.2, 0) is 11.0 Å². The third-order valence-electron chi connectivity index (χ3n) is 3.86. The van der Waals surface area contributed by atoms with Gasteiger partial charge in [-0.15, -0.1) is 0 Å². The highest BCUT2D eigenvalue weighted by molar-refractivity contribution is 7.83. The number of anilines is 1. The van der Waals surface area contributed by atoms with Crippen molar-refractivity contribution in [3.8, 4) is 0 Å². The minimum atomic E-state index is -1.16. The van der Waals surface area contributed by atoms with Crippen LogP contribution < -0.4 is 4.90 Å². The van der Waals surface area contributed by atoms with Gasteiger partial charge in [0.05, 0.1) is 22.3 Å². The number of nitrogens with zero attached hydrogens (tertiary/aromatic N) is 2. The largest absolute Gasteiger partial charge is 0.358 e. The summed E-state index contributed by atoms with van der Waals surface area (Å²) in [6.07, 6.45) is 4.71. The van der Waals surface area contributed by atoms with Crippen molar-refractivity contribution in [1.29, 1.82) is 0 Å². The molecule has 1 aliphatic heterocycles. The van der Waals surface area contributed by atoms with Crippen LogP contribution in [0.3, 0.4) is 0 Å². The summed E-state index contributed by atoms with van der Waals surface area (Å²) in [5.41, 5.74) is 0.846. The first kappa shape index (κ1) is 13.7. The molecule has 6 heteroatoms. The van der Waals surface area contributed by atoms with Gasteiger partial charge in [-0.05, 0) is 25.0 Å². The van der Waals surface area contributed by atoms with Gasteiger partial charge in [0, 0.05) is 18.1 Å². The maximum Gasteiger partial charge on any atom is 0.131 e. The molecular weight excluding hydrogens is 303 g/mol. The Morgan fingerprint density at radius 1 is 1.26 bits per heavy atom. The molecule has 1 atom stereocenters. The number of benzene rings is 1. The first-order chi connectivity index (χ1) is 9.08. The van der Waals surface area contributed by atoms with E-state index in [1.165, 1.54) is 12.8 Å². The average molecular weight is 319 g/mol. The summed E-state index contributed by atoms with van der Waals surface area (Å²) < 4.78 is 14.8. The van der Waals surface area contributed by atoms with E-state index < -0.39 is 11.0 Å². The Hall–Kier alpha value is -0.290. The van der Waals surface area contributed by atoms with Crippen molar-refractivity contribution in [2.75, 3.05) is 18.6 Å². The van der Waals surface area contributed by atoms with Crippen molar-refractivity contribution < 1.29 is 4.21 Å². The van der Waals surface area contributed by atoms with Gasteiger partial charge in [0.15, 0.2) is 0 Å². The van der Waals surface area contributed by atoms with Crippen LogP contribution in [0.15, 0.2) is 17.0 Å².